The van der Waals surface area contributed by atoms with Gasteiger partial charge in [0.2, 0.25) is 5.91 Å². The van der Waals surface area contributed by atoms with E-state index in [2.05, 4.69) is 21.2 Å². The molecule has 0 aromatic heterocycles. The molecule has 1 fully saturated rings. The number of amides is 1. The van der Waals surface area contributed by atoms with Gasteiger partial charge in [-0.15, -0.1) is 12.4 Å². The molecule has 0 saturated carbocycles. The van der Waals surface area contributed by atoms with Gasteiger partial charge in [0.15, 0.2) is 0 Å². The lowest BCUT2D eigenvalue weighted by Gasteiger charge is -2.12. The normalized spacial score (nSPS) is 20.9. The summed E-state index contributed by atoms with van der Waals surface area (Å²) < 4.78 is 19.0. The molecular weight excluding hydrogens is 363 g/mol. The average Bonchev–Trinajstić information content (AvgIpc) is 2.91. The summed E-state index contributed by atoms with van der Waals surface area (Å²) in [6, 6.07) is 4.84. The fourth-order valence-corrected chi connectivity index (χ4v) is 2.64. The number of hydrogen-bond acceptors (Lipinski definition) is 3. The SMILES string of the molecule is Cl.NC[C@H]1CC[C@@H](C(=O)NCCc2ccc(F)c(Br)c2)O1. The Kier molecular flexibility index (Phi) is 7.59. The van der Waals surface area contributed by atoms with Gasteiger partial charge in [-0.05, 0) is 52.9 Å². The molecule has 0 spiro atoms. The molecule has 1 aromatic carbocycles. The summed E-state index contributed by atoms with van der Waals surface area (Å²) in [5.41, 5.74) is 6.47. The Balaban J connectivity index is 0.00000220. The lowest BCUT2D eigenvalue weighted by molar-refractivity contribution is -0.131. The molecule has 0 radical (unpaired) electrons. The van der Waals surface area contributed by atoms with E-state index in [0.717, 1.165) is 18.4 Å². The monoisotopic (exact) mass is 380 g/mol. The summed E-state index contributed by atoms with van der Waals surface area (Å²) in [5, 5.41) is 2.84. The first-order valence-corrected chi connectivity index (χ1v) is 7.46. The second kappa shape index (κ2) is 8.68. The zero-order valence-electron chi connectivity index (χ0n) is 11.5. The van der Waals surface area contributed by atoms with Crippen molar-refractivity contribution in [3.63, 3.8) is 0 Å². The molecule has 2 rings (SSSR count). The van der Waals surface area contributed by atoms with E-state index in [9.17, 15) is 9.18 Å². The smallest absolute Gasteiger partial charge is 0.249 e. The zero-order valence-corrected chi connectivity index (χ0v) is 13.9. The first-order valence-electron chi connectivity index (χ1n) is 6.67. The molecular formula is C14H19BrClFN2O2. The molecule has 118 valence electrons. The fourth-order valence-electron chi connectivity index (χ4n) is 2.21. The van der Waals surface area contributed by atoms with E-state index in [1.165, 1.54) is 6.07 Å². The van der Waals surface area contributed by atoms with Crippen molar-refractivity contribution >= 4 is 34.2 Å². The number of nitrogens with two attached hydrogens (primary N) is 1. The van der Waals surface area contributed by atoms with Crippen LogP contribution < -0.4 is 11.1 Å². The Morgan fingerprint density at radius 2 is 2.24 bits per heavy atom. The Bertz CT molecular complexity index is 490. The van der Waals surface area contributed by atoms with Gasteiger partial charge in [0, 0.05) is 13.1 Å². The van der Waals surface area contributed by atoms with Crippen molar-refractivity contribution in [2.24, 2.45) is 5.73 Å². The maximum Gasteiger partial charge on any atom is 0.249 e. The summed E-state index contributed by atoms with van der Waals surface area (Å²) in [6.45, 7) is 0.956. The van der Waals surface area contributed by atoms with Crippen LogP contribution in [0.1, 0.15) is 18.4 Å². The number of carbonyl (C=O) groups is 1. The third-order valence-electron chi connectivity index (χ3n) is 3.36. The third-order valence-corrected chi connectivity index (χ3v) is 3.97. The van der Waals surface area contributed by atoms with Crippen LogP contribution in [0.15, 0.2) is 22.7 Å². The Morgan fingerprint density at radius 3 is 2.86 bits per heavy atom. The van der Waals surface area contributed by atoms with Gasteiger partial charge in [0.05, 0.1) is 10.6 Å². The number of hydrogen-bond donors (Lipinski definition) is 2. The largest absolute Gasteiger partial charge is 0.364 e. The van der Waals surface area contributed by atoms with Crippen molar-refractivity contribution in [3.8, 4) is 0 Å². The molecule has 1 aliphatic rings. The van der Waals surface area contributed by atoms with Crippen molar-refractivity contribution in [2.45, 2.75) is 31.5 Å². The predicted octanol–water partition coefficient (Wildman–Crippen LogP) is 2.17. The third kappa shape index (κ3) is 5.21. The highest BCUT2D eigenvalue weighted by Gasteiger charge is 2.29. The average molecular weight is 382 g/mol. The summed E-state index contributed by atoms with van der Waals surface area (Å²) in [4.78, 5) is 11.9. The van der Waals surface area contributed by atoms with Gasteiger partial charge in [-0.25, -0.2) is 4.39 Å². The van der Waals surface area contributed by atoms with Gasteiger partial charge >= 0.3 is 0 Å². The molecule has 0 aliphatic carbocycles. The second-order valence-electron chi connectivity index (χ2n) is 4.85. The van der Waals surface area contributed by atoms with E-state index in [4.69, 9.17) is 10.5 Å². The molecule has 1 heterocycles. The van der Waals surface area contributed by atoms with Crippen LogP contribution in [0.2, 0.25) is 0 Å². The van der Waals surface area contributed by atoms with E-state index in [1.54, 1.807) is 12.1 Å². The predicted molar refractivity (Wildman–Crippen MR) is 85.0 cm³/mol. The standard InChI is InChI=1S/C14H18BrFN2O2.ClH/c15-11-7-9(1-3-12(11)16)5-6-18-14(19)13-4-2-10(8-17)20-13;/h1,3,7,10,13H,2,4-6,8,17H2,(H,18,19);1H/t10-,13+;/m1./s1. The van der Waals surface area contributed by atoms with Gasteiger partial charge in [-0.3, -0.25) is 4.79 Å². The highest BCUT2D eigenvalue weighted by atomic mass is 79.9. The number of halogens is 3. The lowest BCUT2D eigenvalue weighted by Crippen LogP contribution is -2.36. The Morgan fingerprint density at radius 1 is 1.48 bits per heavy atom. The molecule has 0 bridgehead atoms. The quantitative estimate of drug-likeness (QED) is 0.821. The van der Waals surface area contributed by atoms with Gasteiger partial charge < -0.3 is 15.8 Å². The highest BCUT2D eigenvalue weighted by molar-refractivity contribution is 9.10. The maximum atomic E-state index is 13.1. The summed E-state index contributed by atoms with van der Waals surface area (Å²) in [6.07, 6.45) is 1.81. The molecule has 1 aromatic rings. The second-order valence-corrected chi connectivity index (χ2v) is 5.70. The minimum Gasteiger partial charge on any atom is -0.364 e. The summed E-state index contributed by atoms with van der Waals surface area (Å²) >= 11 is 3.14. The van der Waals surface area contributed by atoms with Crippen molar-refractivity contribution in [2.75, 3.05) is 13.1 Å². The minimum atomic E-state index is -0.386. The Hall–Kier alpha value is -0.690. The fraction of sp³-hybridized carbons (Fsp3) is 0.500. The van der Waals surface area contributed by atoms with Crippen LogP contribution in [-0.2, 0) is 16.0 Å². The molecule has 2 atom stereocenters. The number of rotatable bonds is 5. The summed E-state index contributed by atoms with van der Waals surface area (Å²) in [5.74, 6) is -0.382. The first kappa shape index (κ1) is 18.4. The molecule has 1 amide bonds. The van der Waals surface area contributed by atoms with E-state index in [-0.39, 0.29) is 36.3 Å². The van der Waals surface area contributed by atoms with Crippen LogP contribution in [-0.4, -0.2) is 31.2 Å². The van der Waals surface area contributed by atoms with E-state index in [0.29, 0.717) is 24.0 Å². The van der Waals surface area contributed by atoms with Gasteiger partial charge in [0.25, 0.3) is 0 Å². The molecule has 0 unspecified atom stereocenters. The molecule has 3 N–H and O–H groups in total. The molecule has 1 aliphatic heterocycles. The van der Waals surface area contributed by atoms with E-state index < -0.39 is 0 Å². The molecule has 1 saturated heterocycles. The first-order chi connectivity index (χ1) is 9.60. The van der Waals surface area contributed by atoms with Crippen molar-refractivity contribution < 1.29 is 13.9 Å². The highest BCUT2D eigenvalue weighted by Crippen LogP contribution is 2.19. The Labute approximate surface area is 138 Å². The summed E-state index contributed by atoms with van der Waals surface area (Å²) in [7, 11) is 0. The minimum absolute atomic E-state index is 0. The number of benzene rings is 1. The maximum absolute atomic E-state index is 13.1. The van der Waals surface area contributed by atoms with Gasteiger partial charge in [-0.2, -0.15) is 0 Å². The van der Waals surface area contributed by atoms with Crippen molar-refractivity contribution in [1.29, 1.82) is 0 Å². The zero-order chi connectivity index (χ0) is 14.5. The van der Waals surface area contributed by atoms with Crippen LogP contribution in [0.4, 0.5) is 4.39 Å². The van der Waals surface area contributed by atoms with Crippen LogP contribution in [0, 0.1) is 5.82 Å². The molecule has 7 heteroatoms. The molecule has 21 heavy (non-hydrogen) atoms. The topological polar surface area (TPSA) is 64.4 Å². The van der Waals surface area contributed by atoms with E-state index in [1.807, 2.05) is 0 Å². The number of ether oxygens (including phenoxy) is 1. The van der Waals surface area contributed by atoms with Crippen LogP contribution in [0.3, 0.4) is 0 Å². The van der Waals surface area contributed by atoms with Crippen LogP contribution >= 0.6 is 28.3 Å². The van der Waals surface area contributed by atoms with Gasteiger partial charge in [0.1, 0.15) is 11.9 Å². The van der Waals surface area contributed by atoms with E-state index >= 15 is 0 Å². The molecule has 4 nitrogen and oxygen atoms in total. The van der Waals surface area contributed by atoms with Crippen molar-refractivity contribution in [3.05, 3.63) is 34.1 Å². The number of nitrogens with one attached hydrogen (secondary N) is 1. The van der Waals surface area contributed by atoms with Crippen LogP contribution in [0.25, 0.3) is 0 Å². The van der Waals surface area contributed by atoms with Crippen molar-refractivity contribution in [1.82, 2.24) is 5.32 Å². The lowest BCUT2D eigenvalue weighted by atomic mass is 10.1. The van der Waals surface area contributed by atoms with Crippen LogP contribution in [0.5, 0.6) is 0 Å². The van der Waals surface area contributed by atoms with Gasteiger partial charge in [-0.1, -0.05) is 6.07 Å². The number of carbonyl (C=O) groups excluding carboxylic acids is 1.